The van der Waals surface area contributed by atoms with Crippen molar-refractivity contribution in [3.05, 3.63) is 0 Å². The summed E-state index contributed by atoms with van der Waals surface area (Å²) in [5.41, 5.74) is 12.0. The Balaban J connectivity index is 1.36. The van der Waals surface area contributed by atoms with Crippen LogP contribution in [0.2, 0.25) is 0 Å². The van der Waals surface area contributed by atoms with Crippen LogP contribution in [-0.2, 0) is 42.6 Å². The normalized spacial score (nSPS) is 53.2. The van der Waals surface area contributed by atoms with E-state index in [0.717, 1.165) is 0 Å². The van der Waals surface area contributed by atoms with Gasteiger partial charge in [-0.1, -0.05) is 0 Å². The highest BCUT2D eigenvalue weighted by molar-refractivity contribution is 4.99. The van der Waals surface area contributed by atoms with Gasteiger partial charge in [0.15, 0.2) is 31.5 Å². The Labute approximate surface area is 317 Å². The third-order valence-corrected chi connectivity index (χ3v) is 10.5. The van der Waals surface area contributed by atoms with Crippen LogP contribution in [0, 0.1) is 0 Å². The Morgan fingerprint density at radius 2 is 0.768 bits per heavy atom. The summed E-state index contributed by atoms with van der Waals surface area (Å²) in [6.07, 6.45) is -40.3. The van der Waals surface area contributed by atoms with Gasteiger partial charge in [0.05, 0.1) is 45.1 Å². The third-order valence-electron chi connectivity index (χ3n) is 10.5. The van der Waals surface area contributed by atoms with Crippen molar-refractivity contribution in [2.24, 2.45) is 11.5 Å². The van der Waals surface area contributed by atoms with E-state index >= 15 is 0 Å². The van der Waals surface area contributed by atoms with E-state index in [2.05, 4.69) is 0 Å². The largest absolute Gasteiger partial charge is 0.394 e. The Morgan fingerprint density at radius 1 is 0.357 bits per heavy atom. The van der Waals surface area contributed by atoms with Crippen molar-refractivity contribution in [1.82, 2.24) is 0 Å². The summed E-state index contributed by atoms with van der Waals surface area (Å²) in [6.45, 7) is -4.13. The number of ether oxygens (including phenoxy) is 9. The number of aliphatic hydroxyl groups is 15. The summed E-state index contributed by atoms with van der Waals surface area (Å²) in [5, 5.41) is 156. The van der Waals surface area contributed by atoms with Crippen LogP contribution in [0.25, 0.3) is 0 Å². The van der Waals surface area contributed by atoms with Crippen LogP contribution >= 0.6 is 0 Å². The van der Waals surface area contributed by atoms with Gasteiger partial charge in [0.25, 0.3) is 0 Å². The van der Waals surface area contributed by atoms with E-state index < -0.39 is 186 Å². The molecule has 328 valence electrons. The molecule has 26 heteroatoms. The van der Waals surface area contributed by atoms with Gasteiger partial charge in [-0.15, -0.1) is 0 Å². The van der Waals surface area contributed by atoms with Crippen LogP contribution in [0.3, 0.4) is 0 Å². The molecule has 5 saturated heterocycles. The molecule has 5 aliphatic heterocycles. The molecule has 26 nitrogen and oxygen atoms in total. The maximum absolute atomic E-state index is 11.4. The molecule has 0 aliphatic carbocycles. The van der Waals surface area contributed by atoms with Gasteiger partial charge < -0.3 is 131 Å². The molecule has 5 aliphatic rings. The predicted molar refractivity (Wildman–Crippen MR) is 170 cm³/mol. The average Bonchev–Trinajstić information content (AvgIpc) is 3.19. The van der Waals surface area contributed by atoms with Gasteiger partial charge in [0.1, 0.15) is 110 Å². The van der Waals surface area contributed by atoms with Gasteiger partial charge in [-0.25, -0.2) is 0 Å². The van der Waals surface area contributed by atoms with Crippen LogP contribution in [0.15, 0.2) is 0 Å². The molecule has 25 atom stereocenters. The molecule has 5 heterocycles. The third kappa shape index (κ3) is 9.31. The van der Waals surface area contributed by atoms with Gasteiger partial charge in [0.2, 0.25) is 0 Å². The van der Waals surface area contributed by atoms with E-state index in [1.165, 1.54) is 0 Å². The second kappa shape index (κ2) is 19.6. The zero-order valence-electron chi connectivity index (χ0n) is 29.5. The molecule has 0 unspecified atom stereocenters. The van der Waals surface area contributed by atoms with Crippen molar-refractivity contribution in [1.29, 1.82) is 0 Å². The summed E-state index contributed by atoms with van der Waals surface area (Å²) >= 11 is 0. The zero-order valence-corrected chi connectivity index (χ0v) is 29.5. The molecule has 0 spiro atoms. The molecular weight excluding hydrogens is 772 g/mol. The smallest absolute Gasteiger partial charge is 0.187 e. The number of rotatable bonds is 13. The fourth-order valence-electron chi connectivity index (χ4n) is 7.00. The molecule has 0 bridgehead atoms. The second-order valence-electron chi connectivity index (χ2n) is 14.2. The molecule has 0 radical (unpaired) electrons. The standard InChI is InChI=1S/C30H54N2O24/c31-11-16(40)23(8(3-35)49-26(11)47)54-27-12(32)17(41)24(9(4-36)52-27)55-30-22(46)25(56-29-21(45)19(43)14(38)7(2-34)51-29)15(39)10(53-30)5-48-28-20(44)18(42)13(37)6(1-33)50-28/h6-30,33-47H,1-5,31-32H2/t6-,7-,8-,9-,10-,11-,12-,13-,14-,15-,16-,17-,18+,19+,20+,21+,22+,23-,24-,25+,26-,27+,28+,29-,30+/m1/s1. The van der Waals surface area contributed by atoms with E-state index in [1.54, 1.807) is 0 Å². The molecule has 0 aromatic heterocycles. The highest BCUT2D eigenvalue weighted by Gasteiger charge is 2.55. The lowest BCUT2D eigenvalue weighted by Gasteiger charge is -2.49. The van der Waals surface area contributed by atoms with Gasteiger partial charge in [0, 0.05) is 0 Å². The number of hydrogen-bond donors (Lipinski definition) is 17. The van der Waals surface area contributed by atoms with E-state index in [4.69, 9.17) is 54.1 Å². The van der Waals surface area contributed by atoms with Gasteiger partial charge in [-0.3, -0.25) is 0 Å². The minimum absolute atomic E-state index is 0.762. The van der Waals surface area contributed by atoms with E-state index in [-0.39, 0.29) is 0 Å². The minimum Gasteiger partial charge on any atom is -0.394 e. The van der Waals surface area contributed by atoms with E-state index in [0.29, 0.717) is 0 Å². The molecule has 5 fully saturated rings. The minimum atomic E-state index is -2.11. The van der Waals surface area contributed by atoms with Crippen molar-refractivity contribution in [2.75, 3.05) is 33.0 Å². The number of aliphatic hydroxyl groups excluding tert-OH is 15. The van der Waals surface area contributed by atoms with Gasteiger partial charge >= 0.3 is 0 Å². The SMILES string of the molecule is N[C@@H]1[C@@H](O)[C@H](O[C@@H]2O[C@H](CO)[C@@H](O[C@@H]3O[C@H](CO[C@H]4O[C@H](CO)[C@@H](O)[C@H](O)[C@@H]4O)[C@@H](O)[C@H](O[C@H]4O[C@H](CO)[C@@H](O)[C@H](O)[C@@H]4O)[C@@H]3O)[C@H](O)[C@H]2N)[C@@H](CO)O[C@H]1O. The summed E-state index contributed by atoms with van der Waals surface area (Å²) in [4.78, 5) is 0. The molecule has 0 saturated carbocycles. The number of hydrogen-bond acceptors (Lipinski definition) is 26. The van der Waals surface area contributed by atoms with Crippen molar-refractivity contribution in [3.8, 4) is 0 Å². The fourth-order valence-corrected chi connectivity index (χ4v) is 7.00. The summed E-state index contributed by atoms with van der Waals surface area (Å²) in [5.74, 6) is 0. The first-order valence-corrected chi connectivity index (χ1v) is 17.8. The molecule has 56 heavy (non-hydrogen) atoms. The highest BCUT2D eigenvalue weighted by Crippen LogP contribution is 2.34. The Morgan fingerprint density at radius 3 is 1.32 bits per heavy atom. The Kier molecular flexibility index (Phi) is 16.1. The molecule has 0 amide bonds. The molecule has 0 aromatic carbocycles. The summed E-state index contributed by atoms with van der Waals surface area (Å²) < 4.78 is 50.1. The van der Waals surface area contributed by atoms with Crippen LogP contribution in [0.5, 0.6) is 0 Å². The van der Waals surface area contributed by atoms with Gasteiger partial charge in [-0.05, 0) is 0 Å². The maximum atomic E-state index is 11.4. The lowest BCUT2D eigenvalue weighted by atomic mass is 9.94. The molecular formula is C30H54N2O24. The maximum Gasteiger partial charge on any atom is 0.187 e. The van der Waals surface area contributed by atoms with Crippen LogP contribution in [0.4, 0.5) is 0 Å². The molecule has 5 rings (SSSR count). The van der Waals surface area contributed by atoms with Crippen LogP contribution in [-0.4, -0.2) is 263 Å². The van der Waals surface area contributed by atoms with Crippen molar-refractivity contribution >= 4 is 0 Å². The fraction of sp³-hybridized carbons (Fsp3) is 1.00. The average molecular weight is 827 g/mol. The summed E-state index contributed by atoms with van der Waals surface area (Å²) in [6, 6.07) is -2.97. The lowest BCUT2D eigenvalue weighted by molar-refractivity contribution is -0.383. The second-order valence-corrected chi connectivity index (χ2v) is 14.2. The first kappa shape index (κ1) is 46.0. The van der Waals surface area contributed by atoms with Crippen LogP contribution < -0.4 is 11.5 Å². The molecule has 0 aromatic rings. The van der Waals surface area contributed by atoms with Crippen molar-refractivity contribution in [3.63, 3.8) is 0 Å². The predicted octanol–water partition coefficient (Wildman–Crippen LogP) is -12.0. The quantitative estimate of drug-likeness (QED) is 0.0819. The van der Waals surface area contributed by atoms with Crippen LogP contribution in [0.1, 0.15) is 0 Å². The van der Waals surface area contributed by atoms with E-state index in [9.17, 15) is 76.6 Å². The monoisotopic (exact) mass is 826 g/mol. The first-order valence-electron chi connectivity index (χ1n) is 17.8. The van der Waals surface area contributed by atoms with Crippen molar-refractivity contribution < 1.29 is 119 Å². The first-order chi connectivity index (χ1) is 26.5. The lowest BCUT2D eigenvalue weighted by Crippen LogP contribution is -2.69. The topological polar surface area (TPSA) is 439 Å². The summed E-state index contributed by atoms with van der Waals surface area (Å²) in [7, 11) is 0. The van der Waals surface area contributed by atoms with Gasteiger partial charge in [-0.2, -0.15) is 0 Å². The molecule has 19 N–H and O–H groups in total. The van der Waals surface area contributed by atoms with E-state index in [1.807, 2.05) is 0 Å². The Hall–Kier alpha value is -1.04. The zero-order chi connectivity index (χ0) is 41.3. The Bertz CT molecular complexity index is 1210. The van der Waals surface area contributed by atoms with Crippen molar-refractivity contribution in [2.45, 2.75) is 153 Å². The highest BCUT2D eigenvalue weighted by atomic mass is 16.8. The number of nitrogens with two attached hydrogens (primary N) is 2.